The molecule has 3 aromatic heterocycles. The summed E-state index contributed by atoms with van der Waals surface area (Å²) >= 11 is 0. The SMILES string of the molecule is C=CC1COCCN1c1nc2c(cnn2-c2ccn[nH]2)c(C(C)(C)C#N)c1C. The van der Waals surface area contributed by atoms with Crippen molar-refractivity contribution in [2.45, 2.75) is 32.2 Å². The third-order valence-electron chi connectivity index (χ3n) is 5.26. The zero-order valence-electron chi connectivity index (χ0n) is 16.3. The van der Waals surface area contributed by atoms with Crippen LogP contribution in [0.1, 0.15) is 25.0 Å². The van der Waals surface area contributed by atoms with E-state index >= 15 is 0 Å². The topological polar surface area (TPSA) is 95.7 Å². The van der Waals surface area contributed by atoms with E-state index in [2.05, 4.69) is 32.8 Å². The van der Waals surface area contributed by atoms with Crippen LogP contribution in [0.2, 0.25) is 0 Å². The molecule has 1 unspecified atom stereocenters. The Hall–Kier alpha value is -3.18. The van der Waals surface area contributed by atoms with E-state index in [1.165, 1.54) is 0 Å². The van der Waals surface area contributed by atoms with Crippen LogP contribution in [0.5, 0.6) is 0 Å². The van der Waals surface area contributed by atoms with Gasteiger partial charge in [-0.3, -0.25) is 5.10 Å². The molecule has 0 spiro atoms. The maximum absolute atomic E-state index is 9.86. The molecule has 0 aromatic carbocycles. The van der Waals surface area contributed by atoms with E-state index in [1.54, 1.807) is 17.1 Å². The molecule has 8 heteroatoms. The number of anilines is 1. The van der Waals surface area contributed by atoms with Crippen LogP contribution in [-0.2, 0) is 10.2 Å². The van der Waals surface area contributed by atoms with Crippen molar-refractivity contribution in [2.24, 2.45) is 0 Å². The first-order valence-electron chi connectivity index (χ1n) is 9.24. The van der Waals surface area contributed by atoms with Crippen LogP contribution < -0.4 is 4.90 Å². The Labute approximate surface area is 163 Å². The van der Waals surface area contributed by atoms with Gasteiger partial charge in [0.15, 0.2) is 11.5 Å². The zero-order valence-corrected chi connectivity index (χ0v) is 16.3. The van der Waals surface area contributed by atoms with E-state index in [-0.39, 0.29) is 6.04 Å². The number of ether oxygens (including phenoxy) is 1. The quantitative estimate of drug-likeness (QED) is 0.702. The Bertz CT molecular complexity index is 1060. The van der Waals surface area contributed by atoms with E-state index in [0.29, 0.717) is 25.4 Å². The highest BCUT2D eigenvalue weighted by molar-refractivity contribution is 5.86. The van der Waals surface area contributed by atoms with Crippen molar-refractivity contribution in [3.05, 3.63) is 42.2 Å². The fourth-order valence-electron chi connectivity index (χ4n) is 3.89. The summed E-state index contributed by atoms with van der Waals surface area (Å²) in [5.41, 5.74) is 1.92. The molecule has 0 radical (unpaired) electrons. The normalized spacial score (nSPS) is 17.6. The molecule has 4 heterocycles. The van der Waals surface area contributed by atoms with Crippen molar-refractivity contribution in [3.63, 3.8) is 0 Å². The minimum atomic E-state index is -0.697. The fourth-order valence-corrected chi connectivity index (χ4v) is 3.89. The lowest BCUT2D eigenvalue weighted by Crippen LogP contribution is -2.45. The molecule has 1 N–H and O–H groups in total. The first-order chi connectivity index (χ1) is 13.5. The molecule has 0 aliphatic carbocycles. The Kier molecular flexibility index (Phi) is 4.40. The van der Waals surface area contributed by atoms with Crippen molar-refractivity contribution >= 4 is 16.9 Å². The zero-order chi connectivity index (χ0) is 19.9. The van der Waals surface area contributed by atoms with Gasteiger partial charge in [0.05, 0.1) is 43.1 Å². The highest BCUT2D eigenvalue weighted by atomic mass is 16.5. The van der Waals surface area contributed by atoms with Gasteiger partial charge < -0.3 is 9.64 Å². The maximum atomic E-state index is 9.86. The minimum Gasteiger partial charge on any atom is -0.377 e. The maximum Gasteiger partial charge on any atom is 0.167 e. The predicted molar refractivity (Wildman–Crippen MR) is 107 cm³/mol. The van der Waals surface area contributed by atoms with Crippen LogP contribution in [0, 0.1) is 18.3 Å². The first-order valence-corrected chi connectivity index (χ1v) is 9.24. The van der Waals surface area contributed by atoms with Crippen LogP contribution in [0.25, 0.3) is 16.9 Å². The summed E-state index contributed by atoms with van der Waals surface area (Å²) in [6.07, 6.45) is 5.33. The lowest BCUT2D eigenvalue weighted by Gasteiger charge is -2.36. The van der Waals surface area contributed by atoms with Crippen LogP contribution in [0.4, 0.5) is 5.82 Å². The molecule has 28 heavy (non-hydrogen) atoms. The highest BCUT2D eigenvalue weighted by Gasteiger charge is 2.32. The van der Waals surface area contributed by atoms with Crippen LogP contribution in [0.15, 0.2) is 31.1 Å². The van der Waals surface area contributed by atoms with Crippen LogP contribution >= 0.6 is 0 Å². The summed E-state index contributed by atoms with van der Waals surface area (Å²) < 4.78 is 7.34. The molecule has 1 aliphatic rings. The number of rotatable bonds is 4. The molecular weight excluding hydrogens is 354 g/mol. The number of hydrogen-bond donors (Lipinski definition) is 1. The molecule has 1 fully saturated rings. The Morgan fingerprint density at radius 2 is 2.29 bits per heavy atom. The van der Waals surface area contributed by atoms with Crippen molar-refractivity contribution in [3.8, 4) is 11.9 Å². The molecule has 3 aromatic rings. The van der Waals surface area contributed by atoms with Crippen LogP contribution in [-0.4, -0.2) is 50.8 Å². The molecule has 4 rings (SSSR count). The standard InChI is InChI=1S/C20H23N7O/c1-5-14-11-28-9-8-26(14)18-13(2)17(20(3,4)12-21)15-10-23-27(19(15)24-18)16-6-7-22-25-16/h5-7,10,14H,1,8-9,11H2,2-4H3,(H,22,25). The Morgan fingerprint density at radius 3 is 2.96 bits per heavy atom. The molecule has 1 saturated heterocycles. The first kappa shape index (κ1) is 18.2. The average Bonchev–Trinajstić information content (AvgIpc) is 3.36. The number of morpholine rings is 1. The Balaban J connectivity index is 2.02. The van der Waals surface area contributed by atoms with E-state index in [9.17, 15) is 5.26 Å². The number of H-pyrrole nitrogens is 1. The number of fused-ring (bicyclic) bond motifs is 1. The van der Waals surface area contributed by atoms with Gasteiger partial charge in [-0.15, -0.1) is 6.58 Å². The van der Waals surface area contributed by atoms with Gasteiger partial charge >= 0.3 is 0 Å². The van der Waals surface area contributed by atoms with Gasteiger partial charge in [-0.05, 0) is 31.9 Å². The molecule has 1 atom stereocenters. The summed E-state index contributed by atoms with van der Waals surface area (Å²) in [5, 5.41) is 22.2. The molecule has 8 nitrogen and oxygen atoms in total. The van der Waals surface area contributed by atoms with Crippen molar-refractivity contribution in [1.29, 1.82) is 5.26 Å². The fraction of sp³-hybridized carbons (Fsp3) is 0.400. The van der Waals surface area contributed by atoms with Crippen LogP contribution in [0.3, 0.4) is 0 Å². The van der Waals surface area contributed by atoms with Gasteiger partial charge in [-0.2, -0.15) is 20.1 Å². The number of hydrogen-bond acceptors (Lipinski definition) is 6. The number of aromatic amines is 1. The van der Waals surface area contributed by atoms with E-state index in [4.69, 9.17) is 9.72 Å². The smallest absolute Gasteiger partial charge is 0.167 e. The van der Waals surface area contributed by atoms with E-state index in [0.717, 1.165) is 28.1 Å². The molecule has 0 bridgehead atoms. The van der Waals surface area contributed by atoms with Gasteiger partial charge in [0.25, 0.3) is 0 Å². The van der Waals surface area contributed by atoms with E-state index in [1.807, 2.05) is 32.9 Å². The lowest BCUT2D eigenvalue weighted by atomic mass is 9.82. The molecule has 0 amide bonds. The number of nitrogens with zero attached hydrogens (tertiary/aromatic N) is 6. The van der Waals surface area contributed by atoms with Gasteiger partial charge in [-0.25, -0.2) is 4.98 Å². The van der Waals surface area contributed by atoms with Gasteiger partial charge in [0.2, 0.25) is 0 Å². The number of aromatic nitrogens is 5. The average molecular weight is 377 g/mol. The third kappa shape index (κ3) is 2.75. The molecule has 0 saturated carbocycles. The van der Waals surface area contributed by atoms with Crippen molar-refractivity contribution in [2.75, 3.05) is 24.7 Å². The van der Waals surface area contributed by atoms with Gasteiger partial charge in [0.1, 0.15) is 5.82 Å². The Morgan fingerprint density at radius 1 is 1.46 bits per heavy atom. The summed E-state index contributed by atoms with van der Waals surface area (Å²) in [4.78, 5) is 7.19. The summed E-state index contributed by atoms with van der Waals surface area (Å²) in [6, 6.07) is 4.31. The largest absolute Gasteiger partial charge is 0.377 e. The number of nitrogens with one attached hydrogen (secondary N) is 1. The van der Waals surface area contributed by atoms with E-state index < -0.39 is 5.41 Å². The third-order valence-corrected chi connectivity index (χ3v) is 5.26. The number of pyridine rings is 1. The second-order valence-corrected chi connectivity index (χ2v) is 7.48. The molecule has 1 aliphatic heterocycles. The van der Waals surface area contributed by atoms with Crippen molar-refractivity contribution in [1.82, 2.24) is 25.0 Å². The minimum absolute atomic E-state index is 0.0268. The predicted octanol–water partition coefficient (Wildman–Crippen LogP) is 2.64. The lowest BCUT2D eigenvalue weighted by molar-refractivity contribution is 0.105. The summed E-state index contributed by atoms with van der Waals surface area (Å²) in [5.74, 6) is 1.56. The number of nitriles is 1. The molecular formula is C20H23N7O. The second kappa shape index (κ2) is 6.77. The second-order valence-electron chi connectivity index (χ2n) is 7.48. The highest BCUT2D eigenvalue weighted by Crippen LogP contribution is 2.37. The molecule has 144 valence electrons. The van der Waals surface area contributed by atoms with Gasteiger partial charge in [-0.1, -0.05) is 6.08 Å². The monoisotopic (exact) mass is 377 g/mol. The van der Waals surface area contributed by atoms with Crippen molar-refractivity contribution < 1.29 is 4.74 Å². The summed E-state index contributed by atoms with van der Waals surface area (Å²) in [6.45, 7) is 11.7. The van der Waals surface area contributed by atoms with Gasteiger partial charge in [0, 0.05) is 18.0 Å². The summed E-state index contributed by atoms with van der Waals surface area (Å²) in [7, 11) is 0.